The minimum atomic E-state index is 0.308. The van der Waals surface area contributed by atoms with Gasteiger partial charge in [-0.1, -0.05) is 54.6 Å². The Labute approximate surface area is 192 Å². The van der Waals surface area contributed by atoms with Crippen LogP contribution >= 0.6 is 11.5 Å². The number of hydrogen-bond donors (Lipinski definition) is 0. The summed E-state index contributed by atoms with van der Waals surface area (Å²) in [5.41, 5.74) is 7.98. The Morgan fingerprint density at radius 3 is 1.69 bits per heavy atom. The Kier molecular flexibility index (Phi) is 4.51. The summed E-state index contributed by atoms with van der Waals surface area (Å²) >= 11 is 1.31. The molecule has 4 nitrogen and oxygen atoms in total. The van der Waals surface area contributed by atoms with Crippen LogP contribution in [0.15, 0.2) is 103 Å². The van der Waals surface area contributed by atoms with Gasteiger partial charge in [0.15, 0.2) is 7.85 Å². The molecule has 2 heterocycles. The Balaban J connectivity index is 1.56. The molecule has 0 N–H and O–H groups in total. The molecule has 6 heteroatoms. The molecule has 0 bridgehead atoms. The number of rotatable bonds is 3. The number of benzene rings is 4. The monoisotopic (exact) mass is 428 g/mol. The first kappa shape index (κ1) is 18.8. The van der Waals surface area contributed by atoms with Crippen molar-refractivity contribution in [1.29, 1.82) is 0 Å². The lowest BCUT2D eigenvalue weighted by atomic mass is 10.0. The third-order valence-corrected chi connectivity index (χ3v) is 6.31. The van der Waals surface area contributed by atoms with E-state index in [2.05, 4.69) is 110 Å². The van der Waals surface area contributed by atoms with E-state index in [9.17, 15) is 0 Å². The molecule has 32 heavy (non-hydrogen) atoms. The van der Waals surface area contributed by atoms with Crippen LogP contribution in [0.4, 0.5) is 34.1 Å². The Morgan fingerprint density at radius 2 is 1.12 bits per heavy atom. The Bertz CT molecular complexity index is 1370. The van der Waals surface area contributed by atoms with E-state index in [1.54, 1.807) is 0 Å². The molecular formula is C26H17BN4S. The van der Waals surface area contributed by atoms with Gasteiger partial charge in [-0.25, -0.2) is 4.98 Å². The van der Waals surface area contributed by atoms with E-state index in [1.165, 1.54) is 11.5 Å². The first-order valence-corrected chi connectivity index (χ1v) is 11.1. The lowest BCUT2D eigenvalue weighted by Gasteiger charge is -2.40. The lowest BCUT2D eigenvalue weighted by molar-refractivity contribution is 1.17. The number of anilines is 6. The van der Waals surface area contributed by atoms with Crippen LogP contribution in [0.5, 0.6) is 0 Å². The number of nitrogens with zero attached hydrogens (tertiary/aromatic N) is 4. The predicted molar refractivity (Wildman–Crippen MR) is 134 cm³/mol. The maximum Gasteiger partial charge on any atom is 0.171 e. The van der Waals surface area contributed by atoms with Gasteiger partial charge in [-0.15, -0.1) is 0 Å². The van der Waals surface area contributed by atoms with Crippen molar-refractivity contribution < 1.29 is 0 Å². The van der Waals surface area contributed by atoms with Crippen molar-refractivity contribution >= 4 is 59.2 Å². The van der Waals surface area contributed by atoms with Crippen molar-refractivity contribution in [3.8, 4) is 10.6 Å². The standard InChI is InChI=1S/C26H17BN4S/c27-26-28-25(32-29-26)18-9-8-12-20(17-18)31-23-15-6-4-13-21(23)30(19-10-2-1-3-11-19)22-14-5-7-16-24(22)31/h1-17H. The molecule has 4 aromatic carbocycles. The molecule has 0 saturated carbocycles. The third-order valence-electron chi connectivity index (χ3n) is 5.53. The molecule has 0 spiro atoms. The highest BCUT2D eigenvalue weighted by Crippen LogP contribution is 2.53. The molecular weight excluding hydrogens is 411 g/mol. The van der Waals surface area contributed by atoms with Crippen molar-refractivity contribution in [2.24, 2.45) is 0 Å². The number of para-hydroxylation sites is 5. The predicted octanol–water partition coefficient (Wildman–Crippen LogP) is 6.25. The van der Waals surface area contributed by atoms with Gasteiger partial charge in [-0.3, -0.25) is 0 Å². The molecule has 0 unspecified atom stereocenters. The second-order valence-electron chi connectivity index (χ2n) is 7.49. The number of hydrogen-bond acceptors (Lipinski definition) is 5. The van der Waals surface area contributed by atoms with Gasteiger partial charge in [-0.2, -0.15) is 4.37 Å². The fourth-order valence-electron chi connectivity index (χ4n) is 4.21. The van der Waals surface area contributed by atoms with E-state index in [0.29, 0.717) is 5.72 Å². The smallest absolute Gasteiger partial charge is 0.171 e. The lowest BCUT2D eigenvalue weighted by Crippen LogP contribution is -2.23. The first-order chi connectivity index (χ1) is 15.8. The zero-order valence-corrected chi connectivity index (χ0v) is 17.9. The van der Waals surface area contributed by atoms with Gasteiger partial charge in [0.25, 0.3) is 0 Å². The normalized spacial score (nSPS) is 12.4. The second kappa shape index (κ2) is 7.66. The Hall–Kier alpha value is -3.90. The Morgan fingerprint density at radius 1 is 0.594 bits per heavy atom. The minimum absolute atomic E-state index is 0.308. The fraction of sp³-hybridized carbons (Fsp3) is 0. The maximum atomic E-state index is 5.77. The van der Waals surface area contributed by atoms with Crippen LogP contribution in [-0.4, -0.2) is 17.2 Å². The van der Waals surface area contributed by atoms with Crippen LogP contribution in [0.25, 0.3) is 10.6 Å². The summed E-state index contributed by atoms with van der Waals surface area (Å²) in [7, 11) is 5.77. The summed E-state index contributed by atoms with van der Waals surface area (Å²) in [5.74, 6) is 0. The highest BCUT2D eigenvalue weighted by atomic mass is 32.1. The first-order valence-electron chi connectivity index (χ1n) is 10.3. The van der Waals surface area contributed by atoms with Crippen molar-refractivity contribution in [2.45, 2.75) is 0 Å². The van der Waals surface area contributed by atoms with E-state index in [-0.39, 0.29) is 0 Å². The van der Waals surface area contributed by atoms with Crippen LogP contribution in [0.2, 0.25) is 0 Å². The quantitative estimate of drug-likeness (QED) is 0.312. The molecule has 1 aliphatic heterocycles. The molecule has 0 atom stereocenters. The average Bonchev–Trinajstić information content (AvgIpc) is 3.29. The summed E-state index contributed by atoms with van der Waals surface area (Å²) in [6.45, 7) is 0. The van der Waals surface area contributed by atoms with Crippen molar-refractivity contribution in [3.63, 3.8) is 0 Å². The molecule has 6 rings (SSSR count). The van der Waals surface area contributed by atoms with Crippen LogP contribution in [0, 0.1) is 0 Å². The summed E-state index contributed by atoms with van der Waals surface area (Å²) in [4.78, 5) is 8.99. The van der Waals surface area contributed by atoms with Gasteiger partial charge in [-0.05, 0) is 60.1 Å². The van der Waals surface area contributed by atoms with Crippen LogP contribution in [0.3, 0.4) is 0 Å². The summed E-state index contributed by atoms with van der Waals surface area (Å²) < 4.78 is 4.14. The zero-order chi connectivity index (χ0) is 21.5. The van der Waals surface area contributed by atoms with Crippen molar-refractivity contribution in [3.05, 3.63) is 103 Å². The molecule has 5 aromatic rings. The SMILES string of the molecule is [B]c1nsc(-c2cccc(N3c4ccccc4N(c4ccccc4)c4ccccc43)c2)n1. The molecule has 1 aliphatic rings. The van der Waals surface area contributed by atoms with E-state index in [4.69, 9.17) is 7.85 Å². The van der Waals surface area contributed by atoms with Crippen LogP contribution < -0.4 is 15.5 Å². The van der Waals surface area contributed by atoms with Crippen LogP contribution in [0.1, 0.15) is 0 Å². The molecule has 0 amide bonds. The van der Waals surface area contributed by atoms with Crippen molar-refractivity contribution in [1.82, 2.24) is 9.36 Å². The molecule has 0 fully saturated rings. The third kappa shape index (κ3) is 3.08. The average molecular weight is 428 g/mol. The fourth-order valence-corrected chi connectivity index (χ4v) is 4.80. The molecule has 2 radical (unpaired) electrons. The van der Waals surface area contributed by atoms with E-state index < -0.39 is 0 Å². The summed E-state index contributed by atoms with van der Waals surface area (Å²) in [5, 5.41) is 0.814. The molecule has 150 valence electrons. The minimum Gasteiger partial charge on any atom is -0.306 e. The highest BCUT2D eigenvalue weighted by Gasteiger charge is 2.30. The molecule has 0 saturated heterocycles. The number of aromatic nitrogens is 2. The van der Waals surface area contributed by atoms with Gasteiger partial charge >= 0.3 is 0 Å². The molecule has 1 aromatic heterocycles. The number of fused-ring (bicyclic) bond motifs is 2. The second-order valence-corrected chi connectivity index (χ2v) is 8.24. The van der Waals surface area contributed by atoms with Crippen LogP contribution in [-0.2, 0) is 0 Å². The largest absolute Gasteiger partial charge is 0.306 e. The maximum absolute atomic E-state index is 5.77. The van der Waals surface area contributed by atoms with Gasteiger partial charge < -0.3 is 9.80 Å². The highest BCUT2D eigenvalue weighted by molar-refractivity contribution is 7.09. The zero-order valence-electron chi connectivity index (χ0n) is 17.1. The van der Waals surface area contributed by atoms with Gasteiger partial charge in [0, 0.05) is 16.9 Å². The van der Waals surface area contributed by atoms with Gasteiger partial charge in [0.05, 0.1) is 28.5 Å². The van der Waals surface area contributed by atoms with E-state index in [0.717, 1.165) is 44.7 Å². The topological polar surface area (TPSA) is 32.3 Å². The van der Waals surface area contributed by atoms with E-state index in [1.807, 2.05) is 12.1 Å². The van der Waals surface area contributed by atoms with Crippen molar-refractivity contribution in [2.75, 3.05) is 9.80 Å². The summed E-state index contributed by atoms with van der Waals surface area (Å²) in [6.07, 6.45) is 0. The summed E-state index contributed by atoms with van der Waals surface area (Å²) in [6, 6.07) is 35.8. The molecule has 0 aliphatic carbocycles. The van der Waals surface area contributed by atoms with Gasteiger partial charge in [0.2, 0.25) is 0 Å². The van der Waals surface area contributed by atoms with E-state index >= 15 is 0 Å². The van der Waals surface area contributed by atoms with Gasteiger partial charge in [0.1, 0.15) is 5.01 Å².